The topological polar surface area (TPSA) is 9.86 Å². The van der Waals surface area contributed by atoms with Crippen LogP contribution in [0.2, 0.25) is 0 Å². The SMILES string of the molecule is c1ccc(-c2cc(-c3ccccc3)c(-n3c4ccccc4c4cc(-c5cccc6c5c5ccccc5n6-c5ccccc5)ccc43)c(-c3ccccc3)c2)cc1. The molecule has 2 heteroatoms. The van der Waals surface area contributed by atoms with E-state index >= 15 is 0 Å². The molecular weight excluding hydrogens is 677 g/mol. The molecule has 2 heterocycles. The number of para-hydroxylation sites is 3. The highest BCUT2D eigenvalue weighted by Crippen LogP contribution is 2.45. The molecule has 56 heavy (non-hydrogen) atoms. The Morgan fingerprint density at radius 1 is 0.250 bits per heavy atom. The van der Waals surface area contributed by atoms with Crippen LogP contribution in [0.1, 0.15) is 0 Å². The number of hydrogen-bond acceptors (Lipinski definition) is 0. The highest BCUT2D eigenvalue weighted by Gasteiger charge is 2.23. The van der Waals surface area contributed by atoms with Crippen LogP contribution in [-0.4, -0.2) is 9.13 Å². The molecule has 0 aliphatic heterocycles. The van der Waals surface area contributed by atoms with Gasteiger partial charge in [0.05, 0.1) is 27.8 Å². The first-order valence-electron chi connectivity index (χ1n) is 19.3. The first-order chi connectivity index (χ1) is 27.8. The number of hydrogen-bond donors (Lipinski definition) is 0. The van der Waals surface area contributed by atoms with E-state index in [1.807, 2.05) is 0 Å². The van der Waals surface area contributed by atoms with Gasteiger partial charge >= 0.3 is 0 Å². The Balaban J connectivity index is 1.21. The highest BCUT2D eigenvalue weighted by atomic mass is 15.0. The predicted octanol–water partition coefficient (Wildman–Crippen LogP) is 14.5. The summed E-state index contributed by atoms with van der Waals surface area (Å²) in [7, 11) is 0. The summed E-state index contributed by atoms with van der Waals surface area (Å²) >= 11 is 0. The average Bonchev–Trinajstić information content (AvgIpc) is 3.80. The van der Waals surface area contributed by atoms with E-state index in [0.29, 0.717) is 0 Å². The Hall–Kier alpha value is -7.42. The lowest BCUT2D eigenvalue weighted by Gasteiger charge is -2.21. The summed E-state index contributed by atoms with van der Waals surface area (Å²) in [6.07, 6.45) is 0. The van der Waals surface area contributed by atoms with E-state index in [2.05, 4.69) is 228 Å². The van der Waals surface area contributed by atoms with E-state index in [4.69, 9.17) is 0 Å². The lowest BCUT2D eigenvalue weighted by Crippen LogP contribution is -2.01. The van der Waals surface area contributed by atoms with Gasteiger partial charge in [-0.05, 0) is 88.0 Å². The summed E-state index contributed by atoms with van der Waals surface area (Å²) < 4.78 is 4.91. The molecule has 9 aromatic carbocycles. The van der Waals surface area contributed by atoms with Gasteiger partial charge in [-0.3, -0.25) is 0 Å². The normalized spacial score (nSPS) is 11.6. The second kappa shape index (κ2) is 13.2. The summed E-state index contributed by atoms with van der Waals surface area (Å²) in [6, 6.07) is 79.4. The van der Waals surface area contributed by atoms with Crippen molar-refractivity contribution in [1.29, 1.82) is 0 Å². The number of nitrogens with zero attached hydrogens (tertiary/aromatic N) is 2. The van der Waals surface area contributed by atoms with Gasteiger partial charge in [0.25, 0.3) is 0 Å². The minimum absolute atomic E-state index is 1.16. The van der Waals surface area contributed by atoms with Crippen molar-refractivity contribution in [2.24, 2.45) is 0 Å². The second-order valence-electron chi connectivity index (χ2n) is 14.5. The van der Waals surface area contributed by atoms with E-state index in [-0.39, 0.29) is 0 Å². The molecule has 0 unspecified atom stereocenters. The Morgan fingerprint density at radius 2 is 0.750 bits per heavy atom. The predicted molar refractivity (Wildman–Crippen MR) is 237 cm³/mol. The van der Waals surface area contributed by atoms with Crippen molar-refractivity contribution in [1.82, 2.24) is 9.13 Å². The van der Waals surface area contributed by atoms with E-state index in [0.717, 1.165) is 5.69 Å². The number of aromatic nitrogens is 2. The monoisotopic (exact) mass is 712 g/mol. The van der Waals surface area contributed by atoms with Crippen molar-refractivity contribution < 1.29 is 0 Å². The first-order valence-corrected chi connectivity index (χ1v) is 19.3. The number of benzene rings is 9. The standard InChI is InChI=1S/C54H36N2/c1-5-18-37(19-6-1)41-35-46(38-20-7-2-8-21-38)54(47(36-41)39-22-9-3-10-23-39)56-49-29-15-13-26-44(49)48-34-40(32-33-51(48)56)43-28-17-31-52-53(43)45-27-14-16-30-50(45)55(52)42-24-11-4-12-25-42/h1-36H. The maximum absolute atomic E-state index is 2.51. The molecule has 0 aliphatic carbocycles. The summed E-state index contributed by atoms with van der Waals surface area (Å²) in [5.74, 6) is 0. The van der Waals surface area contributed by atoms with Crippen LogP contribution in [0.15, 0.2) is 218 Å². The van der Waals surface area contributed by atoms with Crippen LogP contribution in [0, 0.1) is 0 Å². The van der Waals surface area contributed by atoms with Crippen LogP contribution >= 0.6 is 0 Å². The van der Waals surface area contributed by atoms with Gasteiger partial charge < -0.3 is 9.13 Å². The van der Waals surface area contributed by atoms with Crippen LogP contribution in [0.3, 0.4) is 0 Å². The molecule has 0 aliphatic rings. The lowest BCUT2D eigenvalue weighted by molar-refractivity contribution is 1.18. The molecular formula is C54H36N2. The Bertz CT molecular complexity index is 3150. The van der Waals surface area contributed by atoms with E-state index in [9.17, 15) is 0 Å². The molecule has 0 bridgehead atoms. The van der Waals surface area contributed by atoms with E-state index in [1.54, 1.807) is 0 Å². The molecule has 2 nitrogen and oxygen atoms in total. The Labute approximate surface area is 325 Å². The third-order valence-electron chi connectivity index (χ3n) is 11.3. The third-order valence-corrected chi connectivity index (χ3v) is 11.3. The van der Waals surface area contributed by atoms with Gasteiger partial charge in [-0.15, -0.1) is 0 Å². The Kier molecular flexibility index (Phi) is 7.53. The highest BCUT2D eigenvalue weighted by molar-refractivity contribution is 6.17. The van der Waals surface area contributed by atoms with Gasteiger partial charge in [-0.2, -0.15) is 0 Å². The first kappa shape index (κ1) is 32.0. The molecule has 11 rings (SSSR count). The number of rotatable bonds is 6. The second-order valence-corrected chi connectivity index (χ2v) is 14.5. The average molecular weight is 713 g/mol. The molecule has 0 saturated heterocycles. The zero-order chi connectivity index (χ0) is 37.0. The zero-order valence-electron chi connectivity index (χ0n) is 30.7. The molecule has 0 amide bonds. The smallest absolute Gasteiger partial charge is 0.0619 e. The van der Waals surface area contributed by atoms with Crippen LogP contribution < -0.4 is 0 Å². The zero-order valence-corrected chi connectivity index (χ0v) is 30.7. The maximum Gasteiger partial charge on any atom is 0.0619 e. The van der Waals surface area contributed by atoms with Crippen LogP contribution in [0.4, 0.5) is 0 Å². The Morgan fingerprint density at radius 3 is 1.39 bits per heavy atom. The summed E-state index contributed by atoms with van der Waals surface area (Å²) in [6.45, 7) is 0. The van der Waals surface area contributed by atoms with E-state index < -0.39 is 0 Å². The van der Waals surface area contributed by atoms with Crippen molar-refractivity contribution in [3.05, 3.63) is 218 Å². The summed E-state index contributed by atoms with van der Waals surface area (Å²) in [5, 5.41) is 4.98. The van der Waals surface area contributed by atoms with Gasteiger partial charge in [0, 0.05) is 38.4 Å². The molecule has 0 spiro atoms. The number of fused-ring (bicyclic) bond motifs is 6. The van der Waals surface area contributed by atoms with Crippen LogP contribution in [-0.2, 0) is 0 Å². The molecule has 0 fully saturated rings. The van der Waals surface area contributed by atoms with Crippen molar-refractivity contribution >= 4 is 43.6 Å². The van der Waals surface area contributed by atoms with Crippen molar-refractivity contribution in [3.63, 3.8) is 0 Å². The molecule has 0 N–H and O–H groups in total. The van der Waals surface area contributed by atoms with E-state index in [1.165, 1.54) is 93.8 Å². The maximum atomic E-state index is 2.51. The molecule has 0 saturated carbocycles. The van der Waals surface area contributed by atoms with Gasteiger partial charge in [0.15, 0.2) is 0 Å². The molecule has 2 aromatic heterocycles. The van der Waals surface area contributed by atoms with Crippen molar-refractivity contribution in [2.75, 3.05) is 0 Å². The minimum atomic E-state index is 1.16. The fraction of sp³-hybridized carbons (Fsp3) is 0. The largest absolute Gasteiger partial charge is 0.309 e. The van der Waals surface area contributed by atoms with Gasteiger partial charge in [0.2, 0.25) is 0 Å². The third kappa shape index (κ3) is 5.11. The van der Waals surface area contributed by atoms with Gasteiger partial charge in [0.1, 0.15) is 0 Å². The quantitative estimate of drug-likeness (QED) is 0.162. The molecule has 0 radical (unpaired) electrons. The van der Waals surface area contributed by atoms with Gasteiger partial charge in [-0.1, -0.05) is 164 Å². The van der Waals surface area contributed by atoms with Gasteiger partial charge in [-0.25, -0.2) is 0 Å². The van der Waals surface area contributed by atoms with Crippen LogP contribution in [0.5, 0.6) is 0 Å². The van der Waals surface area contributed by atoms with Crippen LogP contribution in [0.25, 0.3) is 99.5 Å². The molecule has 0 atom stereocenters. The molecule has 262 valence electrons. The molecule has 11 aromatic rings. The van der Waals surface area contributed by atoms with Crippen molar-refractivity contribution in [3.8, 4) is 55.9 Å². The lowest BCUT2D eigenvalue weighted by atomic mass is 9.90. The fourth-order valence-corrected chi connectivity index (χ4v) is 8.84. The fourth-order valence-electron chi connectivity index (χ4n) is 8.84. The van der Waals surface area contributed by atoms with Crippen molar-refractivity contribution in [2.45, 2.75) is 0 Å². The minimum Gasteiger partial charge on any atom is -0.309 e. The summed E-state index contributed by atoms with van der Waals surface area (Å²) in [4.78, 5) is 0. The summed E-state index contributed by atoms with van der Waals surface area (Å²) in [5.41, 5.74) is 16.7.